The fraction of sp³-hybridized carbons (Fsp3) is 0.200. The largest absolute Gasteiger partial charge is 0.337 e. The molecule has 2 N–H and O–H groups in total. The lowest BCUT2D eigenvalue weighted by molar-refractivity contribution is 0.660. The van der Waals surface area contributed by atoms with Gasteiger partial charge in [0.05, 0.1) is 23.5 Å². The van der Waals surface area contributed by atoms with Crippen molar-refractivity contribution in [2.75, 3.05) is 5.32 Å². The number of aromatic amines is 1. The highest BCUT2D eigenvalue weighted by Gasteiger charge is 2.06. The molecule has 0 amide bonds. The molecule has 0 saturated heterocycles. The van der Waals surface area contributed by atoms with Gasteiger partial charge < -0.3 is 5.32 Å². The zero-order valence-corrected chi connectivity index (χ0v) is 9.25. The zero-order chi connectivity index (χ0) is 11.7. The van der Waals surface area contributed by atoms with E-state index < -0.39 is 0 Å². The Labute approximate surface area is 96.9 Å². The summed E-state index contributed by atoms with van der Waals surface area (Å²) in [5, 5.41) is 15.0. The standard InChI is InChI=1S/C10H11N7/c1-2-17-5-7(3-14-17)15-9-8-4-13-16-10(8)12-6-11-9/h3-6H,2H2,1H3,(H2,11,12,13,15,16). The average Bonchev–Trinajstić information content (AvgIpc) is 2.97. The van der Waals surface area contributed by atoms with Crippen LogP contribution < -0.4 is 5.32 Å². The van der Waals surface area contributed by atoms with E-state index in [1.165, 1.54) is 6.33 Å². The molecule has 0 saturated carbocycles. The zero-order valence-electron chi connectivity index (χ0n) is 9.25. The van der Waals surface area contributed by atoms with Crippen molar-refractivity contribution in [3.63, 3.8) is 0 Å². The van der Waals surface area contributed by atoms with E-state index >= 15 is 0 Å². The average molecular weight is 229 g/mol. The molecule has 3 rings (SSSR count). The number of hydrogen-bond acceptors (Lipinski definition) is 5. The van der Waals surface area contributed by atoms with Crippen molar-refractivity contribution in [2.24, 2.45) is 0 Å². The molecule has 0 unspecified atom stereocenters. The molecule has 7 heteroatoms. The second-order valence-corrected chi connectivity index (χ2v) is 3.56. The first-order valence-corrected chi connectivity index (χ1v) is 5.30. The van der Waals surface area contributed by atoms with Crippen LogP contribution >= 0.6 is 0 Å². The lowest BCUT2D eigenvalue weighted by Crippen LogP contribution is -1.95. The van der Waals surface area contributed by atoms with E-state index in [9.17, 15) is 0 Å². The van der Waals surface area contributed by atoms with Gasteiger partial charge in [-0.25, -0.2) is 9.97 Å². The molecule has 0 bridgehead atoms. The van der Waals surface area contributed by atoms with E-state index in [4.69, 9.17) is 0 Å². The minimum absolute atomic E-state index is 0.713. The van der Waals surface area contributed by atoms with Crippen LogP contribution in [0.4, 0.5) is 11.5 Å². The second kappa shape index (κ2) is 3.85. The fourth-order valence-electron chi connectivity index (χ4n) is 1.60. The van der Waals surface area contributed by atoms with Crippen molar-refractivity contribution in [2.45, 2.75) is 13.5 Å². The smallest absolute Gasteiger partial charge is 0.160 e. The highest BCUT2D eigenvalue weighted by Crippen LogP contribution is 2.20. The van der Waals surface area contributed by atoms with Crippen LogP contribution in [0.15, 0.2) is 24.9 Å². The molecule has 3 heterocycles. The van der Waals surface area contributed by atoms with E-state index in [-0.39, 0.29) is 0 Å². The quantitative estimate of drug-likeness (QED) is 0.707. The molecule has 3 aromatic heterocycles. The fourth-order valence-corrected chi connectivity index (χ4v) is 1.60. The van der Waals surface area contributed by atoms with Crippen LogP contribution in [-0.4, -0.2) is 29.9 Å². The summed E-state index contributed by atoms with van der Waals surface area (Å²) >= 11 is 0. The van der Waals surface area contributed by atoms with Gasteiger partial charge in [-0.1, -0.05) is 0 Å². The number of aromatic nitrogens is 6. The van der Waals surface area contributed by atoms with Crippen molar-refractivity contribution >= 4 is 22.5 Å². The molecule has 0 aliphatic rings. The van der Waals surface area contributed by atoms with Gasteiger partial charge in [-0.15, -0.1) is 0 Å². The van der Waals surface area contributed by atoms with Crippen LogP contribution in [0.25, 0.3) is 11.0 Å². The molecule has 0 spiro atoms. The Hall–Kier alpha value is -2.44. The number of anilines is 2. The minimum Gasteiger partial charge on any atom is -0.337 e. The number of fused-ring (bicyclic) bond motifs is 1. The molecule has 3 aromatic rings. The minimum atomic E-state index is 0.713. The van der Waals surface area contributed by atoms with E-state index in [1.807, 2.05) is 17.8 Å². The molecule has 86 valence electrons. The summed E-state index contributed by atoms with van der Waals surface area (Å²) < 4.78 is 1.84. The molecule has 0 aliphatic heterocycles. The van der Waals surface area contributed by atoms with Gasteiger partial charge in [0.2, 0.25) is 0 Å². The monoisotopic (exact) mass is 229 g/mol. The number of rotatable bonds is 3. The van der Waals surface area contributed by atoms with Gasteiger partial charge in [-0.2, -0.15) is 10.2 Å². The van der Waals surface area contributed by atoms with Crippen LogP contribution in [-0.2, 0) is 6.54 Å². The number of H-pyrrole nitrogens is 1. The van der Waals surface area contributed by atoms with Crippen LogP contribution in [0, 0.1) is 0 Å². The Morgan fingerprint density at radius 3 is 3.12 bits per heavy atom. The van der Waals surface area contributed by atoms with Crippen LogP contribution in [0.2, 0.25) is 0 Å². The van der Waals surface area contributed by atoms with Crippen molar-refractivity contribution in [1.29, 1.82) is 0 Å². The maximum absolute atomic E-state index is 4.19. The highest BCUT2D eigenvalue weighted by molar-refractivity contribution is 5.87. The van der Waals surface area contributed by atoms with E-state index in [0.717, 1.165) is 23.4 Å². The van der Waals surface area contributed by atoms with Gasteiger partial charge >= 0.3 is 0 Å². The summed E-state index contributed by atoms with van der Waals surface area (Å²) in [6, 6.07) is 0. The summed E-state index contributed by atoms with van der Waals surface area (Å²) in [6.45, 7) is 2.88. The normalized spacial score (nSPS) is 10.9. The van der Waals surface area contributed by atoms with E-state index in [2.05, 4.69) is 30.6 Å². The van der Waals surface area contributed by atoms with Gasteiger partial charge in [0.25, 0.3) is 0 Å². The molecule has 0 radical (unpaired) electrons. The number of aryl methyl sites for hydroxylation is 1. The predicted octanol–water partition coefficient (Wildman–Crippen LogP) is 1.31. The van der Waals surface area contributed by atoms with E-state index in [1.54, 1.807) is 12.4 Å². The van der Waals surface area contributed by atoms with Crippen molar-refractivity contribution in [3.8, 4) is 0 Å². The lowest BCUT2D eigenvalue weighted by atomic mass is 10.4. The topological polar surface area (TPSA) is 84.3 Å². The summed E-state index contributed by atoms with van der Waals surface area (Å²) in [5.74, 6) is 0.722. The summed E-state index contributed by atoms with van der Waals surface area (Å²) in [5.41, 5.74) is 1.61. The molecular formula is C10H11N7. The second-order valence-electron chi connectivity index (χ2n) is 3.56. The van der Waals surface area contributed by atoms with Crippen molar-refractivity contribution in [1.82, 2.24) is 29.9 Å². The third kappa shape index (κ3) is 1.71. The number of nitrogens with zero attached hydrogens (tertiary/aromatic N) is 5. The molecular weight excluding hydrogens is 218 g/mol. The first-order valence-electron chi connectivity index (χ1n) is 5.30. The van der Waals surface area contributed by atoms with Crippen LogP contribution in [0.1, 0.15) is 6.92 Å². The number of hydrogen-bond donors (Lipinski definition) is 2. The molecule has 0 aliphatic carbocycles. The maximum atomic E-state index is 4.19. The van der Waals surface area contributed by atoms with Gasteiger partial charge in [0, 0.05) is 12.7 Å². The molecule has 0 atom stereocenters. The molecule has 17 heavy (non-hydrogen) atoms. The number of nitrogens with one attached hydrogen (secondary N) is 2. The van der Waals surface area contributed by atoms with E-state index in [0.29, 0.717) is 5.65 Å². The van der Waals surface area contributed by atoms with Crippen LogP contribution in [0.5, 0.6) is 0 Å². The summed E-state index contributed by atoms with van der Waals surface area (Å²) in [4.78, 5) is 8.27. The van der Waals surface area contributed by atoms with Gasteiger partial charge in [0.1, 0.15) is 12.1 Å². The first-order chi connectivity index (χ1) is 8.36. The summed E-state index contributed by atoms with van der Waals surface area (Å²) in [7, 11) is 0. The molecule has 0 fully saturated rings. The third-order valence-corrected chi connectivity index (χ3v) is 2.47. The Kier molecular flexibility index (Phi) is 2.21. The Balaban J connectivity index is 1.96. The van der Waals surface area contributed by atoms with Gasteiger partial charge in [-0.3, -0.25) is 9.78 Å². The summed E-state index contributed by atoms with van der Waals surface area (Å²) in [6.07, 6.45) is 6.88. The Bertz CT molecular complexity index is 639. The highest BCUT2D eigenvalue weighted by atomic mass is 15.3. The maximum Gasteiger partial charge on any atom is 0.160 e. The predicted molar refractivity (Wildman–Crippen MR) is 62.9 cm³/mol. The third-order valence-electron chi connectivity index (χ3n) is 2.47. The first kappa shape index (κ1) is 9.76. The Morgan fingerprint density at radius 1 is 1.35 bits per heavy atom. The van der Waals surface area contributed by atoms with Crippen molar-refractivity contribution < 1.29 is 0 Å². The lowest BCUT2D eigenvalue weighted by Gasteiger charge is -2.02. The van der Waals surface area contributed by atoms with Gasteiger partial charge in [0.15, 0.2) is 5.65 Å². The van der Waals surface area contributed by atoms with Gasteiger partial charge in [-0.05, 0) is 6.92 Å². The molecule has 7 nitrogen and oxygen atoms in total. The SMILES string of the molecule is CCn1cc(Nc2ncnc3[nH]ncc23)cn1. The van der Waals surface area contributed by atoms with Crippen molar-refractivity contribution in [3.05, 3.63) is 24.9 Å². The Morgan fingerprint density at radius 2 is 2.29 bits per heavy atom. The molecule has 0 aromatic carbocycles. The van der Waals surface area contributed by atoms with Crippen LogP contribution in [0.3, 0.4) is 0 Å².